The number of nitrogens with one attached hydrogen (secondary N) is 1. The maximum absolute atomic E-state index is 13.3. The Kier molecular flexibility index (Phi) is 7.40. The van der Waals surface area contributed by atoms with Crippen molar-refractivity contribution < 1.29 is 14.3 Å². The minimum Gasteiger partial charge on any atom is -0.481 e. The van der Waals surface area contributed by atoms with Gasteiger partial charge in [0, 0.05) is 12.2 Å². The molecule has 1 aromatic heterocycles. The zero-order valence-electron chi connectivity index (χ0n) is 16.3. The lowest BCUT2D eigenvalue weighted by Crippen LogP contribution is -2.13. The molecule has 0 radical (unpaired) electrons. The third-order valence-electron chi connectivity index (χ3n) is 5.43. The molecule has 1 atom stereocenters. The molecule has 0 saturated carbocycles. The number of nitrogens with zero attached hydrogens (tertiary/aromatic N) is 1. The van der Waals surface area contributed by atoms with Gasteiger partial charge in [0.2, 0.25) is 0 Å². The molecule has 2 N–H and O–H groups in total. The number of carboxylic acid groups (broad SMARTS) is 1. The van der Waals surface area contributed by atoms with Gasteiger partial charge in [-0.1, -0.05) is 43.9 Å². The highest BCUT2D eigenvalue weighted by Crippen LogP contribution is 2.24. The summed E-state index contributed by atoms with van der Waals surface area (Å²) in [4.78, 5) is 16.2. The summed E-state index contributed by atoms with van der Waals surface area (Å²) in [6.07, 6.45) is 8.96. The molecule has 2 aromatic rings. The van der Waals surface area contributed by atoms with E-state index in [1.54, 1.807) is 12.1 Å². The number of rotatable bonds is 10. The SMILES string of the molecule is O=C(O)[C@@H](CCCCCCCc1ccc2c(n1)NCCC2)c1cccc(F)c1. The number of unbranched alkanes of at least 4 members (excludes halogenated alkanes) is 4. The van der Waals surface area contributed by atoms with Crippen LogP contribution in [0.25, 0.3) is 0 Å². The fraction of sp³-hybridized carbons (Fsp3) is 0.478. The molecule has 2 heterocycles. The first-order valence-electron chi connectivity index (χ1n) is 10.3. The van der Waals surface area contributed by atoms with Crippen molar-refractivity contribution in [2.75, 3.05) is 11.9 Å². The zero-order chi connectivity index (χ0) is 19.8. The van der Waals surface area contributed by atoms with Crippen LogP contribution in [0.3, 0.4) is 0 Å². The number of hydrogen-bond donors (Lipinski definition) is 2. The highest BCUT2D eigenvalue weighted by atomic mass is 19.1. The number of fused-ring (bicyclic) bond motifs is 1. The summed E-state index contributed by atoms with van der Waals surface area (Å²) in [6.45, 7) is 1.01. The number of aryl methyl sites for hydroxylation is 2. The number of carbonyl (C=O) groups is 1. The second-order valence-corrected chi connectivity index (χ2v) is 7.59. The predicted octanol–water partition coefficient (Wildman–Crippen LogP) is 5.33. The highest BCUT2D eigenvalue weighted by Gasteiger charge is 2.19. The van der Waals surface area contributed by atoms with Gasteiger partial charge in [-0.2, -0.15) is 0 Å². The number of benzene rings is 1. The molecule has 28 heavy (non-hydrogen) atoms. The molecule has 0 spiro atoms. The molecule has 1 aliphatic heterocycles. The Morgan fingerprint density at radius 1 is 1.14 bits per heavy atom. The summed E-state index contributed by atoms with van der Waals surface area (Å²) >= 11 is 0. The first kappa shape index (κ1) is 20.3. The second kappa shape index (κ2) is 10.2. The van der Waals surface area contributed by atoms with Crippen LogP contribution in [0.1, 0.15) is 67.7 Å². The molecule has 0 amide bonds. The molecular weight excluding hydrogens is 355 g/mol. The van der Waals surface area contributed by atoms with E-state index in [0.717, 1.165) is 63.0 Å². The standard InChI is InChI=1S/C23H29FN2O2/c24-19-10-6-8-18(16-19)21(23(27)28)12-5-3-1-2-4-11-20-14-13-17-9-7-15-25-22(17)26-20/h6,8,10,13-14,16,21H,1-5,7,9,11-12,15H2,(H,25,26)(H,27,28)/t21-/m0/s1. The van der Waals surface area contributed by atoms with Crippen LogP contribution in [0.4, 0.5) is 10.2 Å². The van der Waals surface area contributed by atoms with Crippen molar-refractivity contribution in [3.05, 3.63) is 59.0 Å². The fourth-order valence-corrected chi connectivity index (χ4v) is 3.85. The van der Waals surface area contributed by atoms with Crippen LogP contribution in [0, 0.1) is 5.82 Å². The van der Waals surface area contributed by atoms with E-state index in [9.17, 15) is 14.3 Å². The van der Waals surface area contributed by atoms with Crippen molar-refractivity contribution in [3.8, 4) is 0 Å². The quantitative estimate of drug-likeness (QED) is 0.544. The summed E-state index contributed by atoms with van der Waals surface area (Å²) < 4.78 is 13.3. The zero-order valence-corrected chi connectivity index (χ0v) is 16.3. The van der Waals surface area contributed by atoms with Gasteiger partial charge in [0.15, 0.2) is 0 Å². The average molecular weight is 384 g/mol. The Balaban J connectivity index is 1.35. The van der Waals surface area contributed by atoms with Gasteiger partial charge in [-0.15, -0.1) is 0 Å². The topological polar surface area (TPSA) is 62.2 Å². The maximum Gasteiger partial charge on any atom is 0.310 e. The number of aliphatic carboxylic acids is 1. The molecule has 1 aromatic carbocycles. The minimum absolute atomic E-state index is 0.380. The Morgan fingerprint density at radius 3 is 2.79 bits per heavy atom. The highest BCUT2D eigenvalue weighted by molar-refractivity contribution is 5.76. The van der Waals surface area contributed by atoms with Crippen molar-refractivity contribution in [2.45, 2.75) is 63.7 Å². The van der Waals surface area contributed by atoms with Gasteiger partial charge in [-0.3, -0.25) is 4.79 Å². The van der Waals surface area contributed by atoms with Gasteiger partial charge in [0.1, 0.15) is 11.6 Å². The average Bonchev–Trinajstić information content (AvgIpc) is 2.69. The fourth-order valence-electron chi connectivity index (χ4n) is 3.85. The molecule has 3 rings (SSSR count). The van der Waals surface area contributed by atoms with Gasteiger partial charge in [-0.05, 0) is 61.4 Å². The van der Waals surface area contributed by atoms with E-state index in [2.05, 4.69) is 17.4 Å². The minimum atomic E-state index is -0.877. The van der Waals surface area contributed by atoms with Crippen LogP contribution in [-0.4, -0.2) is 22.6 Å². The van der Waals surface area contributed by atoms with Crippen molar-refractivity contribution in [1.29, 1.82) is 0 Å². The summed E-state index contributed by atoms with van der Waals surface area (Å²) in [5.74, 6) is -0.823. The third-order valence-corrected chi connectivity index (χ3v) is 5.43. The van der Waals surface area contributed by atoms with Crippen LogP contribution >= 0.6 is 0 Å². The van der Waals surface area contributed by atoms with E-state index < -0.39 is 11.9 Å². The first-order valence-corrected chi connectivity index (χ1v) is 10.3. The molecule has 0 bridgehead atoms. The Hall–Kier alpha value is -2.43. The first-order chi connectivity index (χ1) is 13.6. The van der Waals surface area contributed by atoms with Gasteiger partial charge < -0.3 is 10.4 Å². The van der Waals surface area contributed by atoms with E-state index in [0.29, 0.717) is 12.0 Å². The summed E-state index contributed by atoms with van der Waals surface area (Å²) in [7, 11) is 0. The number of anilines is 1. The molecule has 0 saturated heterocycles. The molecule has 4 nitrogen and oxygen atoms in total. The molecule has 1 aliphatic rings. The van der Waals surface area contributed by atoms with E-state index in [1.165, 1.54) is 24.1 Å². The van der Waals surface area contributed by atoms with Crippen molar-refractivity contribution in [3.63, 3.8) is 0 Å². The Morgan fingerprint density at radius 2 is 1.96 bits per heavy atom. The van der Waals surface area contributed by atoms with Gasteiger partial charge in [0.25, 0.3) is 0 Å². The summed E-state index contributed by atoms with van der Waals surface area (Å²) in [5, 5.41) is 12.8. The molecule has 0 fully saturated rings. The molecule has 150 valence electrons. The van der Waals surface area contributed by atoms with Crippen LogP contribution in [-0.2, 0) is 17.6 Å². The van der Waals surface area contributed by atoms with Crippen molar-refractivity contribution in [1.82, 2.24) is 4.98 Å². The lowest BCUT2D eigenvalue weighted by Gasteiger charge is -2.17. The predicted molar refractivity (Wildman–Crippen MR) is 109 cm³/mol. The summed E-state index contributed by atoms with van der Waals surface area (Å²) in [6, 6.07) is 10.3. The number of carboxylic acids is 1. The smallest absolute Gasteiger partial charge is 0.310 e. The van der Waals surface area contributed by atoms with E-state index in [4.69, 9.17) is 4.98 Å². The lowest BCUT2D eigenvalue weighted by molar-refractivity contribution is -0.139. The number of aromatic nitrogens is 1. The van der Waals surface area contributed by atoms with E-state index in [-0.39, 0.29) is 5.82 Å². The Bertz CT molecular complexity index is 794. The number of halogens is 1. The Labute approximate surface area is 166 Å². The largest absolute Gasteiger partial charge is 0.481 e. The molecular formula is C23H29FN2O2. The summed E-state index contributed by atoms with van der Waals surface area (Å²) in [5.41, 5.74) is 3.02. The van der Waals surface area contributed by atoms with Crippen LogP contribution < -0.4 is 5.32 Å². The maximum atomic E-state index is 13.3. The van der Waals surface area contributed by atoms with Crippen LogP contribution in [0.2, 0.25) is 0 Å². The normalized spacial score (nSPS) is 14.2. The van der Waals surface area contributed by atoms with Crippen molar-refractivity contribution >= 4 is 11.8 Å². The second-order valence-electron chi connectivity index (χ2n) is 7.59. The van der Waals surface area contributed by atoms with Crippen LogP contribution in [0.5, 0.6) is 0 Å². The molecule has 5 heteroatoms. The van der Waals surface area contributed by atoms with E-state index >= 15 is 0 Å². The monoisotopic (exact) mass is 384 g/mol. The lowest BCUT2D eigenvalue weighted by atomic mass is 9.93. The van der Waals surface area contributed by atoms with Crippen LogP contribution in [0.15, 0.2) is 36.4 Å². The van der Waals surface area contributed by atoms with Crippen molar-refractivity contribution in [2.24, 2.45) is 0 Å². The van der Waals surface area contributed by atoms with Gasteiger partial charge in [0.05, 0.1) is 5.92 Å². The third kappa shape index (κ3) is 5.78. The number of hydrogen-bond acceptors (Lipinski definition) is 3. The van der Waals surface area contributed by atoms with Gasteiger partial charge >= 0.3 is 5.97 Å². The van der Waals surface area contributed by atoms with Gasteiger partial charge in [-0.25, -0.2) is 9.37 Å². The van der Waals surface area contributed by atoms with E-state index in [1.807, 2.05) is 0 Å². The number of pyridine rings is 1. The molecule has 0 aliphatic carbocycles. The molecule has 0 unspecified atom stereocenters.